The van der Waals surface area contributed by atoms with Crippen molar-refractivity contribution in [3.8, 4) is 50.6 Å². The first-order valence-electron chi connectivity index (χ1n) is 27.7. The van der Waals surface area contributed by atoms with Crippen LogP contribution in [0.1, 0.15) is 49.7 Å². The summed E-state index contributed by atoms with van der Waals surface area (Å²) in [5, 5.41) is 2.49. The zero-order valence-corrected chi connectivity index (χ0v) is 43.2. The van der Waals surface area contributed by atoms with Crippen LogP contribution in [-0.4, -0.2) is 17.3 Å². The summed E-state index contributed by atoms with van der Waals surface area (Å²) in [5.74, 6) is 2.09. The van der Waals surface area contributed by atoms with E-state index in [9.17, 15) is 0 Å². The third-order valence-corrected chi connectivity index (χ3v) is 16.8. The van der Waals surface area contributed by atoms with E-state index in [0.29, 0.717) is 0 Å². The Labute approximate surface area is 451 Å². The predicted octanol–water partition coefficient (Wildman–Crippen LogP) is 17.0. The number of rotatable bonds is 11. The van der Waals surface area contributed by atoms with Crippen molar-refractivity contribution in [3.05, 3.63) is 260 Å². The van der Waals surface area contributed by atoms with E-state index in [1.165, 1.54) is 114 Å². The number of fused-ring (bicyclic) bond motifs is 10. The summed E-state index contributed by atoms with van der Waals surface area (Å²) in [6, 6.07) is 83.8. The molecule has 1 aliphatic carbocycles. The van der Waals surface area contributed by atoms with Gasteiger partial charge in [-0.2, -0.15) is 0 Å². The van der Waals surface area contributed by atoms with E-state index in [0.717, 1.165) is 46.8 Å². The van der Waals surface area contributed by atoms with Crippen molar-refractivity contribution in [3.63, 3.8) is 0 Å². The molecule has 2 atom stereocenters. The van der Waals surface area contributed by atoms with E-state index in [1.807, 2.05) is 0 Å². The number of anilines is 5. The highest BCUT2D eigenvalue weighted by atomic mass is 16.5. The van der Waals surface area contributed by atoms with E-state index in [4.69, 9.17) is 4.74 Å². The molecule has 0 spiro atoms. The van der Waals surface area contributed by atoms with Gasteiger partial charge in [-0.3, -0.25) is 0 Å². The lowest BCUT2D eigenvalue weighted by atomic mass is 9.34. The number of nitrogens with zero attached hydrogens (tertiary/aromatic N) is 3. The maximum absolute atomic E-state index is 7.50. The van der Waals surface area contributed by atoms with Crippen molar-refractivity contribution in [2.45, 2.75) is 51.0 Å². The second kappa shape index (κ2) is 18.6. The van der Waals surface area contributed by atoms with Gasteiger partial charge in [-0.1, -0.05) is 208 Å². The summed E-state index contributed by atoms with van der Waals surface area (Å²) in [6.45, 7) is 2.19. The number of benzene rings is 10. The van der Waals surface area contributed by atoms with Gasteiger partial charge >= 0.3 is 0 Å². The Bertz CT molecular complexity index is 4040. The Hall–Kier alpha value is -9.06. The van der Waals surface area contributed by atoms with Gasteiger partial charge in [0, 0.05) is 62.3 Å². The van der Waals surface area contributed by atoms with E-state index >= 15 is 0 Å². The molecule has 77 heavy (non-hydrogen) atoms. The lowest BCUT2D eigenvalue weighted by Gasteiger charge is -2.42. The summed E-state index contributed by atoms with van der Waals surface area (Å²) < 4.78 is 9.91. The van der Waals surface area contributed by atoms with Gasteiger partial charge in [0.25, 0.3) is 6.71 Å². The summed E-state index contributed by atoms with van der Waals surface area (Å²) in [4.78, 5) is 5.24. The minimum atomic E-state index is -0.106. The minimum Gasteiger partial charge on any atom is -0.458 e. The molecule has 0 fully saturated rings. The van der Waals surface area contributed by atoms with Crippen LogP contribution >= 0.6 is 0 Å². The summed E-state index contributed by atoms with van der Waals surface area (Å²) in [7, 11) is 0. The summed E-state index contributed by atoms with van der Waals surface area (Å²) in [5.41, 5.74) is 22.7. The molecule has 10 aromatic carbocycles. The lowest BCUT2D eigenvalue weighted by molar-refractivity contribution is 0.486. The molecule has 5 heteroatoms. The second-order valence-corrected chi connectivity index (χ2v) is 21.3. The van der Waals surface area contributed by atoms with E-state index in [-0.39, 0.29) is 18.7 Å². The maximum atomic E-state index is 7.50. The quantitative estimate of drug-likeness (QED) is 0.0952. The molecule has 3 aliphatic heterocycles. The van der Waals surface area contributed by atoms with Crippen LogP contribution in [0.15, 0.2) is 249 Å². The molecule has 4 aliphatic rings. The average Bonchev–Trinajstić information content (AvgIpc) is 4.12. The van der Waals surface area contributed by atoms with Gasteiger partial charge < -0.3 is 19.1 Å². The lowest BCUT2D eigenvalue weighted by Crippen LogP contribution is -2.59. The number of aromatic nitrogens is 1. The Morgan fingerprint density at radius 1 is 0.468 bits per heavy atom. The van der Waals surface area contributed by atoms with Crippen molar-refractivity contribution in [2.24, 2.45) is 0 Å². The van der Waals surface area contributed by atoms with Crippen LogP contribution < -0.4 is 30.9 Å². The zero-order chi connectivity index (χ0) is 51.0. The smallest absolute Gasteiger partial charge is 0.256 e. The SMILES string of the molecule is CCCCCCc1cc2c3c(c1)N(c1c(-c4ccccc4)cc(-c4ccccc4)cc1-c1ccccc1)c1cc(N4c5ccccc5C5C=CC=CC54)ccc1B3c1ccc(-n3c4ccccc4c4ccccc43)cc1O2. The Morgan fingerprint density at radius 2 is 1.09 bits per heavy atom. The van der Waals surface area contributed by atoms with Gasteiger partial charge in [-0.15, -0.1) is 0 Å². The van der Waals surface area contributed by atoms with Gasteiger partial charge in [0.15, 0.2) is 0 Å². The fraction of sp³-hybridized carbons (Fsp3) is 0.111. The molecule has 15 rings (SSSR count). The van der Waals surface area contributed by atoms with Gasteiger partial charge in [-0.25, -0.2) is 0 Å². The van der Waals surface area contributed by atoms with Gasteiger partial charge in [0.2, 0.25) is 0 Å². The molecular formula is C72H56BN3O. The van der Waals surface area contributed by atoms with Crippen molar-refractivity contribution in [1.29, 1.82) is 0 Å². The van der Waals surface area contributed by atoms with Crippen LogP contribution in [0.2, 0.25) is 0 Å². The minimum absolute atomic E-state index is 0.106. The Kier molecular flexibility index (Phi) is 11.0. The van der Waals surface area contributed by atoms with Crippen molar-refractivity contribution < 1.29 is 4.74 Å². The third kappa shape index (κ3) is 7.43. The number of hydrogen-bond donors (Lipinski definition) is 0. The molecule has 368 valence electrons. The topological polar surface area (TPSA) is 20.6 Å². The van der Waals surface area contributed by atoms with Crippen LogP contribution in [-0.2, 0) is 6.42 Å². The normalized spacial score (nSPS) is 15.5. The van der Waals surface area contributed by atoms with Crippen molar-refractivity contribution in [1.82, 2.24) is 4.57 Å². The van der Waals surface area contributed by atoms with Crippen LogP contribution in [0.25, 0.3) is 60.9 Å². The van der Waals surface area contributed by atoms with Crippen LogP contribution in [0.3, 0.4) is 0 Å². The highest BCUT2D eigenvalue weighted by Crippen LogP contribution is 2.53. The first-order valence-corrected chi connectivity index (χ1v) is 27.7. The summed E-state index contributed by atoms with van der Waals surface area (Å²) in [6.07, 6.45) is 14.9. The Balaban J connectivity index is 1.02. The molecule has 2 unspecified atom stereocenters. The molecule has 4 nitrogen and oxygen atoms in total. The number of unbranched alkanes of at least 4 members (excludes halogenated alkanes) is 3. The fourth-order valence-electron chi connectivity index (χ4n) is 13.3. The molecule has 11 aromatic rings. The van der Waals surface area contributed by atoms with Gasteiger partial charge in [0.1, 0.15) is 11.5 Å². The maximum Gasteiger partial charge on any atom is 0.256 e. The molecular weight excluding hydrogens is 934 g/mol. The molecule has 0 N–H and O–H groups in total. The first-order chi connectivity index (χ1) is 38.2. The van der Waals surface area contributed by atoms with E-state index in [2.05, 4.69) is 270 Å². The third-order valence-electron chi connectivity index (χ3n) is 16.8. The molecule has 0 bridgehead atoms. The highest BCUT2D eigenvalue weighted by molar-refractivity contribution is 6.99. The van der Waals surface area contributed by atoms with E-state index in [1.54, 1.807) is 0 Å². The number of allylic oxidation sites excluding steroid dienone is 2. The largest absolute Gasteiger partial charge is 0.458 e. The van der Waals surface area contributed by atoms with Gasteiger partial charge in [0.05, 0.1) is 22.8 Å². The predicted molar refractivity (Wildman–Crippen MR) is 324 cm³/mol. The number of aryl methyl sites for hydroxylation is 1. The van der Waals surface area contributed by atoms with E-state index < -0.39 is 0 Å². The van der Waals surface area contributed by atoms with Crippen LogP contribution in [0.5, 0.6) is 11.5 Å². The second-order valence-electron chi connectivity index (χ2n) is 21.3. The number of para-hydroxylation sites is 3. The van der Waals surface area contributed by atoms with Gasteiger partial charge in [-0.05, 0) is 123 Å². The Morgan fingerprint density at radius 3 is 1.81 bits per heavy atom. The number of hydrogen-bond acceptors (Lipinski definition) is 3. The van der Waals surface area contributed by atoms with Crippen LogP contribution in [0.4, 0.5) is 28.4 Å². The standard InChI is InChI=1S/C72H56BN3O/c1-2-3-4-8-23-48-42-68-71-70(43-48)77-69-47-54(75-65-36-21-17-32-57(65)58-33-18-22-37-66(58)75)39-41-62(69)73(71)61-40-38-53(74-63-34-19-15-30-55(63)56-31-16-20-35-64(56)74)46-67(61)76(68)72-59(50-26-11-6-12-27-50)44-52(49-24-9-5-10-25-49)45-60(72)51-28-13-7-14-29-51/h5-7,9-22,24-47,55,63H,2-4,8,23H2,1H3. The fourth-order valence-corrected chi connectivity index (χ4v) is 13.3. The molecule has 4 heterocycles. The highest BCUT2D eigenvalue weighted by Gasteiger charge is 2.45. The van der Waals surface area contributed by atoms with Crippen molar-refractivity contribution in [2.75, 3.05) is 9.80 Å². The molecule has 0 saturated carbocycles. The van der Waals surface area contributed by atoms with Crippen molar-refractivity contribution >= 4 is 73.3 Å². The molecule has 0 saturated heterocycles. The average molecular weight is 990 g/mol. The summed E-state index contributed by atoms with van der Waals surface area (Å²) >= 11 is 0. The number of ether oxygens (including phenoxy) is 1. The molecule has 1 aromatic heterocycles. The first kappa shape index (κ1) is 45.3. The van der Waals surface area contributed by atoms with Crippen LogP contribution in [0, 0.1) is 0 Å². The molecule has 0 radical (unpaired) electrons. The molecule has 0 amide bonds. The monoisotopic (exact) mass is 989 g/mol. The zero-order valence-electron chi connectivity index (χ0n) is 43.2.